The molecule has 0 aromatic carbocycles. The van der Waals surface area contributed by atoms with E-state index in [0.29, 0.717) is 0 Å². The standard InChI is InChI=1S/C7H12N/c1-3-4-5-7(2)6-8/h3-5H2,1-2H3. The number of hydrogen-bond acceptors (Lipinski definition) is 1. The molecule has 1 nitrogen and oxygen atoms in total. The van der Waals surface area contributed by atoms with Crippen molar-refractivity contribution < 1.29 is 0 Å². The Labute approximate surface area is 51.3 Å². The van der Waals surface area contributed by atoms with Crippen LogP contribution in [0.1, 0.15) is 33.1 Å². The Kier molecular flexibility index (Phi) is 4.35. The second kappa shape index (κ2) is 4.64. The molecule has 0 aliphatic carbocycles. The van der Waals surface area contributed by atoms with Crippen molar-refractivity contribution in [2.75, 3.05) is 0 Å². The van der Waals surface area contributed by atoms with E-state index in [4.69, 9.17) is 5.26 Å². The van der Waals surface area contributed by atoms with E-state index in [0.717, 1.165) is 18.8 Å². The Morgan fingerprint density at radius 1 is 1.62 bits per heavy atom. The van der Waals surface area contributed by atoms with Crippen LogP contribution >= 0.6 is 0 Å². The fraction of sp³-hybridized carbons (Fsp3) is 0.714. The molecule has 1 heteroatoms. The van der Waals surface area contributed by atoms with Gasteiger partial charge in [-0.3, -0.25) is 0 Å². The third kappa shape index (κ3) is 3.67. The highest BCUT2D eigenvalue weighted by Gasteiger charge is 1.96. The van der Waals surface area contributed by atoms with Crippen LogP contribution in [0.15, 0.2) is 0 Å². The van der Waals surface area contributed by atoms with Gasteiger partial charge in [-0.05, 0) is 13.3 Å². The second-order valence-electron chi connectivity index (χ2n) is 2.00. The Balaban J connectivity index is 3.02. The molecule has 0 atom stereocenters. The molecule has 0 aliphatic rings. The highest BCUT2D eigenvalue weighted by molar-refractivity contribution is 5.06. The van der Waals surface area contributed by atoms with Gasteiger partial charge in [0, 0.05) is 0 Å². The first kappa shape index (κ1) is 7.49. The number of nitrogens with zero attached hydrogens (tertiary/aromatic N) is 1. The summed E-state index contributed by atoms with van der Waals surface area (Å²) < 4.78 is 0. The minimum atomic E-state index is 0.951. The molecule has 0 rings (SSSR count). The van der Waals surface area contributed by atoms with Crippen molar-refractivity contribution >= 4 is 0 Å². The zero-order chi connectivity index (χ0) is 6.41. The highest BCUT2D eigenvalue weighted by Crippen LogP contribution is 2.06. The van der Waals surface area contributed by atoms with Crippen LogP contribution in [-0.4, -0.2) is 0 Å². The monoisotopic (exact) mass is 110 g/mol. The zero-order valence-corrected chi connectivity index (χ0v) is 5.57. The molecule has 0 unspecified atom stereocenters. The normalized spacial score (nSPS) is 9.25. The highest BCUT2D eigenvalue weighted by atomic mass is 14.2. The smallest absolute Gasteiger partial charge is 0.0729 e. The number of nitriles is 1. The molecule has 0 N–H and O–H groups in total. The minimum absolute atomic E-state index is 0.951. The fourth-order valence-corrected chi connectivity index (χ4v) is 0.498. The first-order chi connectivity index (χ1) is 3.81. The van der Waals surface area contributed by atoms with Gasteiger partial charge in [0.05, 0.1) is 12.0 Å². The molecule has 0 aromatic heterocycles. The van der Waals surface area contributed by atoms with Crippen molar-refractivity contribution in [3.05, 3.63) is 5.92 Å². The zero-order valence-electron chi connectivity index (χ0n) is 5.57. The van der Waals surface area contributed by atoms with Gasteiger partial charge in [-0.15, -0.1) is 0 Å². The summed E-state index contributed by atoms with van der Waals surface area (Å²) in [4.78, 5) is 0. The molecule has 0 saturated heterocycles. The van der Waals surface area contributed by atoms with Crippen LogP contribution in [0.2, 0.25) is 0 Å². The van der Waals surface area contributed by atoms with Crippen LogP contribution in [0.4, 0.5) is 0 Å². The van der Waals surface area contributed by atoms with Gasteiger partial charge in [-0.1, -0.05) is 19.8 Å². The molecule has 45 valence electrons. The maximum atomic E-state index is 8.27. The third-order valence-corrected chi connectivity index (χ3v) is 1.10. The van der Waals surface area contributed by atoms with Gasteiger partial charge < -0.3 is 0 Å². The molecule has 1 radical (unpaired) electrons. The predicted octanol–water partition coefficient (Wildman–Crippen LogP) is 2.29. The summed E-state index contributed by atoms with van der Waals surface area (Å²) in [5, 5.41) is 8.27. The lowest BCUT2D eigenvalue weighted by molar-refractivity contribution is 0.754. The summed E-state index contributed by atoms with van der Waals surface area (Å²) in [5.74, 6) is 0.951. The Morgan fingerprint density at radius 3 is 2.62 bits per heavy atom. The lowest BCUT2D eigenvalue weighted by Crippen LogP contribution is -1.84. The van der Waals surface area contributed by atoms with Crippen LogP contribution < -0.4 is 0 Å². The first-order valence-electron chi connectivity index (χ1n) is 3.03. The molecule has 0 aromatic rings. The Bertz CT molecular complexity index is 80.9. The van der Waals surface area contributed by atoms with E-state index in [-0.39, 0.29) is 0 Å². The second-order valence-corrected chi connectivity index (χ2v) is 2.00. The summed E-state index contributed by atoms with van der Waals surface area (Å²) in [5.41, 5.74) is 0. The Morgan fingerprint density at radius 2 is 2.25 bits per heavy atom. The molecule has 0 spiro atoms. The molecule has 0 fully saturated rings. The average Bonchev–Trinajstić information content (AvgIpc) is 1.83. The molecular formula is C7H12N. The van der Waals surface area contributed by atoms with E-state index in [2.05, 4.69) is 13.0 Å². The van der Waals surface area contributed by atoms with Crippen molar-refractivity contribution in [1.82, 2.24) is 0 Å². The fourth-order valence-electron chi connectivity index (χ4n) is 0.498. The van der Waals surface area contributed by atoms with Gasteiger partial charge in [0.2, 0.25) is 0 Å². The molecule has 0 saturated carbocycles. The van der Waals surface area contributed by atoms with E-state index in [1.165, 1.54) is 6.42 Å². The van der Waals surface area contributed by atoms with E-state index in [1.807, 2.05) is 6.92 Å². The van der Waals surface area contributed by atoms with Crippen LogP contribution in [-0.2, 0) is 0 Å². The van der Waals surface area contributed by atoms with E-state index in [1.54, 1.807) is 0 Å². The molecule has 0 bridgehead atoms. The number of hydrogen-bond donors (Lipinski definition) is 0. The molecular weight excluding hydrogens is 98.1 g/mol. The van der Waals surface area contributed by atoms with E-state index < -0.39 is 0 Å². The summed E-state index contributed by atoms with van der Waals surface area (Å²) in [6.45, 7) is 4.01. The lowest BCUT2D eigenvalue weighted by Gasteiger charge is -1.95. The van der Waals surface area contributed by atoms with Gasteiger partial charge in [-0.25, -0.2) is 0 Å². The van der Waals surface area contributed by atoms with Crippen molar-refractivity contribution in [3.63, 3.8) is 0 Å². The van der Waals surface area contributed by atoms with Crippen molar-refractivity contribution in [1.29, 1.82) is 5.26 Å². The first-order valence-corrected chi connectivity index (χ1v) is 3.03. The van der Waals surface area contributed by atoms with E-state index in [9.17, 15) is 0 Å². The summed E-state index contributed by atoms with van der Waals surface area (Å²) in [7, 11) is 0. The van der Waals surface area contributed by atoms with Crippen LogP contribution in [0.3, 0.4) is 0 Å². The van der Waals surface area contributed by atoms with Gasteiger partial charge in [-0.2, -0.15) is 5.26 Å². The van der Waals surface area contributed by atoms with Crippen molar-refractivity contribution in [3.8, 4) is 6.07 Å². The van der Waals surface area contributed by atoms with Crippen LogP contribution in [0, 0.1) is 17.2 Å². The van der Waals surface area contributed by atoms with E-state index >= 15 is 0 Å². The molecule has 8 heavy (non-hydrogen) atoms. The molecule has 0 heterocycles. The van der Waals surface area contributed by atoms with Crippen molar-refractivity contribution in [2.45, 2.75) is 33.1 Å². The van der Waals surface area contributed by atoms with Gasteiger partial charge in [0.1, 0.15) is 0 Å². The van der Waals surface area contributed by atoms with Crippen molar-refractivity contribution in [2.24, 2.45) is 0 Å². The van der Waals surface area contributed by atoms with Gasteiger partial charge >= 0.3 is 0 Å². The SMILES string of the molecule is CCCC[C](C)C#N. The predicted molar refractivity (Wildman–Crippen MR) is 34.1 cm³/mol. The third-order valence-electron chi connectivity index (χ3n) is 1.10. The maximum Gasteiger partial charge on any atom is 0.0729 e. The van der Waals surface area contributed by atoms with Crippen LogP contribution in [0.5, 0.6) is 0 Å². The summed E-state index contributed by atoms with van der Waals surface area (Å²) in [6.07, 6.45) is 3.31. The molecule has 0 amide bonds. The maximum absolute atomic E-state index is 8.27. The average molecular weight is 110 g/mol. The van der Waals surface area contributed by atoms with Gasteiger partial charge in [0.25, 0.3) is 0 Å². The molecule has 0 aliphatic heterocycles. The summed E-state index contributed by atoms with van der Waals surface area (Å²) in [6, 6.07) is 2.12. The quantitative estimate of drug-likeness (QED) is 0.546. The number of rotatable bonds is 3. The van der Waals surface area contributed by atoms with Crippen LogP contribution in [0.25, 0.3) is 0 Å². The largest absolute Gasteiger partial charge is 0.198 e. The van der Waals surface area contributed by atoms with Gasteiger partial charge in [0.15, 0.2) is 0 Å². The summed E-state index contributed by atoms with van der Waals surface area (Å²) >= 11 is 0. The Hall–Kier alpha value is -0.510. The minimum Gasteiger partial charge on any atom is -0.198 e. The lowest BCUT2D eigenvalue weighted by atomic mass is 10.1. The number of unbranched alkanes of at least 4 members (excludes halogenated alkanes) is 1. The topological polar surface area (TPSA) is 23.8 Å².